The summed E-state index contributed by atoms with van der Waals surface area (Å²) in [5.41, 5.74) is 0. The molecule has 4 heteroatoms. The van der Waals surface area contributed by atoms with Crippen molar-refractivity contribution in [2.75, 3.05) is 0 Å². The second-order valence-corrected chi connectivity index (χ2v) is 0. The molecule has 0 aromatic heterocycles. The molecule has 0 rings (SSSR count). The van der Waals surface area contributed by atoms with Crippen LogP contribution in [0.15, 0.2) is 0 Å². The van der Waals surface area contributed by atoms with Crippen LogP contribution in [0, 0.1) is 0 Å². The van der Waals surface area contributed by atoms with Crippen LogP contribution in [0.1, 0.15) is 0 Å². The van der Waals surface area contributed by atoms with Crippen molar-refractivity contribution in [2.45, 2.75) is 0 Å². The predicted octanol–water partition coefficient (Wildman–Crippen LogP) is -0.0100. The standard InChI is InChI=1S/Co.Cu.Fe.Ti. The van der Waals surface area contributed by atoms with Gasteiger partial charge >= 0.3 is 0 Å². The van der Waals surface area contributed by atoms with E-state index in [1.165, 1.54) is 0 Å². The molecule has 0 saturated heterocycles. The first-order chi connectivity index (χ1) is 0. The van der Waals surface area contributed by atoms with Gasteiger partial charge in [0.2, 0.25) is 0 Å². The first-order valence-electron chi connectivity index (χ1n) is 0. The predicted molar refractivity (Wildman–Crippen MR) is 0 cm³/mol. The summed E-state index contributed by atoms with van der Waals surface area (Å²) in [4.78, 5) is 0. The fourth-order valence-corrected chi connectivity index (χ4v) is 0. The Balaban J connectivity index is 0. The monoisotopic (exact) mass is 226 g/mol. The van der Waals surface area contributed by atoms with Gasteiger partial charge < -0.3 is 0 Å². The van der Waals surface area contributed by atoms with E-state index in [1.807, 2.05) is 0 Å². The number of rotatable bonds is 0. The quantitative estimate of drug-likeness (QED) is 0.510. The zero-order valence-corrected chi connectivity index (χ0v) is 6.14. The van der Waals surface area contributed by atoms with E-state index in [-0.39, 0.29) is 72.6 Å². The van der Waals surface area contributed by atoms with Crippen LogP contribution in [-0.2, 0) is 72.6 Å². The Labute approximate surface area is 71.9 Å². The van der Waals surface area contributed by atoms with Crippen LogP contribution < -0.4 is 0 Å². The molecule has 0 unspecified atom stereocenters. The van der Waals surface area contributed by atoms with E-state index in [4.69, 9.17) is 0 Å². The minimum absolute atomic E-state index is 0. The van der Waals surface area contributed by atoms with Gasteiger partial charge in [-0.1, -0.05) is 0 Å². The Hall–Kier alpha value is 2.26. The van der Waals surface area contributed by atoms with Gasteiger partial charge in [0.05, 0.1) is 0 Å². The first-order valence-corrected chi connectivity index (χ1v) is 0. The fourth-order valence-electron chi connectivity index (χ4n) is 0. The van der Waals surface area contributed by atoms with Crippen LogP contribution in [0.5, 0.6) is 0 Å². The van der Waals surface area contributed by atoms with Crippen LogP contribution in [-0.4, -0.2) is 0 Å². The molecule has 32 valence electrons. The molecule has 0 amide bonds. The van der Waals surface area contributed by atoms with Gasteiger partial charge in [-0.15, -0.1) is 0 Å². The van der Waals surface area contributed by atoms with Crippen molar-refractivity contribution < 1.29 is 72.6 Å². The van der Waals surface area contributed by atoms with E-state index in [0.717, 1.165) is 0 Å². The third-order valence-electron chi connectivity index (χ3n) is 0. The summed E-state index contributed by atoms with van der Waals surface area (Å²) in [5.74, 6) is 0. The van der Waals surface area contributed by atoms with E-state index in [2.05, 4.69) is 0 Å². The van der Waals surface area contributed by atoms with Crippen LogP contribution in [0.4, 0.5) is 0 Å². The van der Waals surface area contributed by atoms with Crippen molar-refractivity contribution in [3.63, 3.8) is 0 Å². The Bertz CT molecular complexity index is 8.00. The van der Waals surface area contributed by atoms with Crippen molar-refractivity contribution in [2.24, 2.45) is 0 Å². The Morgan fingerprint density at radius 2 is 1.00 bits per heavy atom. The zero-order valence-electron chi connectivity index (χ0n) is 1.49. The summed E-state index contributed by atoms with van der Waals surface area (Å²) in [6.07, 6.45) is 0. The Morgan fingerprint density at radius 3 is 1.00 bits per heavy atom. The van der Waals surface area contributed by atoms with E-state index < -0.39 is 0 Å². The van der Waals surface area contributed by atoms with Gasteiger partial charge in [-0.25, -0.2) is 0 Å². The van der Waals surface area contributed by atoms with Crippen molar-refractivity contribution in [1.82, 2.24) is 0 Å². The second-order valence-electron chi connectivity index (χ2n) is 0. The van der Waals surface area contributed by atoms with Crippen LogP contribution in [0.3, 0.4) is 0 Å². The van der Waals surface area contributed by atoms with Gasteiger partial charge in [-0.2, -0.15) is 0 Å². The largest absolute Gasteiger partial charge is 0 e. The molecule has 0 aromatic rings. The van der Waals surface area contributed by atoms with E-state index >= 15 is 0 Å². The zero-order chi connectivity index (χ0) is 0. The molecule has 0 saturated carbocycles. The average Bonchev–Trinajstić information content (AvgIpc) is 0. The van der Waals surface area contributed by atoms with Gasteiger partial charge in [0.1, 0.15) is 0 Å². The van der Waals surface area contributed by atoms with Crippen molar-refractivity contribution >= 4 is 0 Å². The molecule has 0 nitrogen and oxygen atoms in total. The topological polar surface area (TPSA) is 0 Å². The SMILES string of the molecule is [Co].[Cu].[Fe].[Ti]. The van der Waals surface area contributed by atoms with Gasteiger partial charge in [0, 0.05) is 72.6 Å². The summed E-state index contributed by atoms with van der Waals surface area (Å²) in [6, 6.07) is 0. The van der Waals surface area contributed by atoms with E-state index in [0.29, 0.717) is 0 Å². The second kappa shape index (κ2) is 18.7. The summed E-state index contributed by atoms with van der Waals surface area (Å²) < 4.78 is 0. The first kappa shape index (κ1) is 33.9. The molecule has 0 bridgehead atoms. The molecule has 0 atom stereocenters. The average molecular weight is 226 g/mol. The molecule has 0 fully saturated rings. The molecular weight excluding hydrogens is 226 g/mol. The minimum atomic E-state index is 0. The number of hydrogen-bond donors (Lipinski definition) is 0. The summed E-state index contributed by atoms with van der Waals surface area (Å²) in [6.45, 7) is 0. The van der Waals surface area contributed by atoms with Gasteiger partial charge in [-0.3, -0.25) is 0 Å². The van der Waals surface area contributed by atoms with Crippen molar-refractivity contribution in [3.8, 4) is 0 Å². The maximum atomic E-state index is 0. The van der Waals surface area contributed by atoms with Crippen molar-refractivity contribution in [1.29, 1.82) is 0 Å². The summed E-state index contributed by atoms with van der Waals surface area (Å²) in [5, 5.41) is 0. The summed E-state index contributed by atoms with van der Waals surface area (Å²) in [7, 11) is 0. The molecule has 0 spiro atoms. The molecule has 0 aliphatic heterocycles. The molecule has 0 N–H and O–H groups in total. The third-order valence-corrected chi connectivity index (χ3v) is 0. The minimum Gasteiger partial charge on any atom is 0 e. The van der Waals surface area contributed by atoms with E-state index in [1.54, 1.807) is 0 Å². The van der Waals surface area contributed by atoms with Gasteiger partial charge in [0.15, 0.2) is 0 Å². The molecule has 0 aliphatic carbocycles. The molecular formula is CoCuFeTi. The van der Waals surface area contributed by atoms with Crippen LogP contribution in [0.25, 0.3) is 0 Å². The normalized spacial score (nSPS) is 0. The molecule has 0 aromatic carbocycles. The van der Waals surface area contributed by atoms with Crippen LogP contribution in [0.2, 0.25) is 0 Å². The Morgan fingerprint density at radius 1 is 1.00 bits per heavy atom. The van der Waals surface area contributed by atoms with Crippen molar-refractivity contribution in [3.05, 3.63) is 0 Å². The van der Waals surface area contributed by atoms with Gasteiger partial charge in [0.25, 0.3) is 0 Å². The third kappa shape index (κ3) is 8.86. The Kier molecular flexibility index (Phi) is 158. The molecule has 0 aliphatic rings. The van der Waals surface area contributed by atoms with Gasteiger partial charge in [-0.05, 0) is 0 Å². The molecule has 2 radical (unpaired) electrons. The molecule has 0 heterocycles. The maximum absolute atomic E-state index is 0. The fraction of sp³-hybridized carbons (Fsp3) is 0. The smallest absolute Gasteiger partial charge is 0 e. The molecule has 4 heavy (non-hydrogen) atoms. The number of hydrogen-bond acceptors (Lipinski definition) is 0. The van der Waals surface area contributed by atoms with Crippen LogP contribution >= 0.6 is 0 Å². The maximum Gasteiger partial charge on any atom is 0 e. The van der Waals surface area contributed by atoms with E-state index in [9.17, 15) is 0 Å². The summed E-state index contributed by atoms with van der Waals surface area (Å²) >= 11 is 0.